The van der Waals surface area contributed by atoms with Gasteiger partial charge in [0, 0.05) is 31.1 Å². The summed E-state index contributed by atoms with van der Waals surface area (Å²) >= 11 is 0. The van der Waals surface area contributed by atoms with E-state index in [1.54, 1.807) is 4.90 Å². The second-order valence-electron chi connectivity index (χ2n) is 9.15. The van der Waals surface area contributed by atoms with Gasteiger partial charge in [-0.15, -0.1) is 0 Å². The Balaban J connectivity index is 1.42. The first-order valence-electron chi connectivity index (χ1n) is 10.3. The Morgan fingerprint density at radius 1 is 1.04 bits per heavy atom. The molecule has 3 N–H and O–H groups in total. The molecule has 0 atom stereocenters. The molecule has 0 radical (unpaired) electrons. The third-order valence-corrected chi connectivity index (χ3v) is 6.55. The normalized spacial score (nSPS) is 31.0. The zero-order valence-corrected chi connectivity index (χ0v) is 16.5. The minimum atomic E-state index is -0.915. The first kappa shape index (κ1) is 20.0. The minimum absolute atomic E-state index is 0.0334. The molecule has 0 aliphatic heterocycles. The fourth-order valence-electron chi connectivity index (χ4n) is 5.86. The van der Waals surface area contributed by atoms with Crippen LogP contribution in [0.1, 0.15) is 65.2 Å². The zero-order chi connectivity index (χ0) is 19.6. The van der Waals surface area contributed by atoms with Gasteiger partial charge >= 0.3 is 12.0 Å². The van der Waals surface area contributed by atoms with E-state index in [1.807, 2.05) is 13.8 Å². The van der Waals surface area contributed by atoms with Gasteiger partial charge in [-0.05, 0) is 70.1 Å². The smallest absolute Gasteiger partial charge is 0.315 e. The van der Waals surface area contributed by atoms with Gasteiger partial charge in [-0.25, -0.2) is 4.79 Å². The molecular weight excluding hydrogens is 346 g/mol. The molecule has 3 amide bonds. The van der Waals surface area contributed by atoms with Gasteiger partial charge in [-0.3, -0.25) is 9.59 Å². The molecule has 0 saturated heterocycles. The molecule has 4 fully saturated rings. The molecular formula is C20H33N3O4. The van der Waals surface area contributed by atoms with Crippen LogP contribution in [0.3, 0.4) is 0 Å². The predicted octanol–water partition coefficient (Wildman–Crippen LogP) is 2.36. The second kappa shape index (κ2) is 8.07. The Labute approximate surface area is 161 Å². The van der Waals surface area contributed by atoms with E-state index >= 15 is 0 Å². The van der Waals surface area contributed by atoms with Gasteiger partial charge < -0.3 is 20.6 Å². The highest BCUT2D eigenvalue weighted by molar-refractivity contribution is 5.79. The monoisotopic (exact) mass is 379 g/mol. The SMILES string of the molecule is CC(C)N(CCC(=O)O)C(=O)CCNC(=O)NC12CC3CC(CC(C3)C1)C2. The van der Waals surface area contributed by atoms with E-state index in [0.717, 1.165) is 37.0 Å². The minimum Gasteiger partial charge on any atom is -0.481 e. The van der Waals surface area contributed by atoms with E-state index in [1.165, 1.54) is 19.3 Å². The standard InChI is InChI=1S/C20H33N3O4/c1-13(2)23(6-4-18(25)26)17(24)3-5-21-19(27)22-20-10-14-7-15(11-20)9-16(8-14)12-20/h13-16H,3-12H2,1-2H3,(H,25,26)(H2,21,22,27). The molecule has 7 heteroatoms. The molecule has 4 aliphatic rings. The number of aliphatic carboxylic acids is 1. The van der Waals surface area contributed by atoms with Crippen molar-refractivity contribution in [3.63, 3.8) is 0 Å². The maximum Gasteiger partial charge on any atom is 0.315 e. The molecule has 27 heavy (non-hydrogen) atoms. The maximum atomic E-state index is 12.4. The largest absolute Gasteiger partial charge is 0.481 e. The van der Waals surface area contributed by atoms with Gasteiger partial charge in [0.2, 0.25) is 5.91 Å². The van der Waals surface area contributed by atoms with Crippen LogP contribution in [0.4, 0.5) is 4.79 Å². The summed E-state index contributed by atoms with van der Waals surface area (Å²) in [5.41, 5.74) is -0.0334. The van der Waals surface area contributed by atoms with E-state index < -0.39 is 5.97 Å². The van der Waals surface area contributed by atoms with E-state index in [4.69, 9.17) is 5.11 Å². The summed E-state index contributed by atoms with van der Waals surface area (Å²) in [6.07, 6.45) is 7.41. The summed E-state index contributed by atoms with van der Waals surface area (Å²) in [6, 6.07) is -0.232. The molecule has 4 aliphatic carbocycles. The summed E-state index contributed by atoms with van der Waals surface area (Å²) in [7, 11) is 0. The fourth-order valence-corrected chi connectivity index (χ4v) is 5.86. The average molecular weight is 380 g/mol. The lowest BCUT2D eigenvalue weighted by atomic mass is 9.53. The van der Waals surface area contributed by atoms with Crippen molar-refractivity contribution in [1.82, 2.24) is 15.5 Å². The van der Waals surface area contributed by atoms with Gasteiger partial charge in [-0.2, -0.15) is 0 Å². The summed E-state index contributed by atoms with van der Waals surface area (Å²) in [4.78, 5) is 37.1. The number of nitrogens with one attached hydrogen (secondary N) is 2. The summed E-state index contributed by atoms with van der Waals surface area (Å²) < 4.78 is 0. The van der Waals surface area contributed by atoms with E-state index in [0.29, 0.717) is 0 Å². The molecule has 0 spiro atoms. The lowest BCUT2D eigenvalue weighted by Gasteiger charge is -2.56. The molecule has 0 heterocycles. The molecule has 7 nitrogen and oxygen atoms in total. The van der Waals surface area contributed by atoms with Gasteiger partial charge in [0.15, 0.2) is 0 Å². The summed E-state index contributed by atoms with van der Waals surface area (Å²) in [5, 5.41) is 14.9. The molecule has 0 unspecified atom stereocenters. The Morgan fingerprint density at radius 2 is 1.59 bits per heavy atom. The van der Waals surface area contributed by atoms with Crippen LogP contribution in [0.2, 0.25) is 0 Å². The number of carbonyl (C=O) groups is 3. The number of amides is 3. The Bertz CT molecular complexity index is 554. The van der Waals surface area contributed by atoms with Crippen LogP contribution in [0, 0.1) is 17.8 Å². The number of hydrogen-bond donors (Lipinski definition) is 3. The lowest BCUT2D eigenvalue weighted by Crippen LogP contribution is -2.61. The maximum absolute atomic E-state index is 12.4. The van der Waals surface area contributed by atoms with E-state index in [9.17, 15) is 14.4 Å². The first-order chi connectivity index (χ1) is 12.8. The quantitative estimate of drug-likeness (QED) is 0.603. The number of carboxylic acid groups (broad SMARTS) is 1. The Morgan fingerprint density at radius 3 is 2.07 bits per heavy atom. The number of rotatable bonds is 8. The molecule has 4 bridgehead atoms. The topological polar surface area (TPSA) is 98.7 Å². The van der Waals surface area contributed by atoms with Crippen molar-refractivity contribution in [2.24, 2.45) is 17.8 Å². The highest BCUT2D eigenvalue weighted by Crippen LogP contribution is 2.55. The molecule has 4 rings (SSSR count). The number of hydrogen-bond acceptors (Lipinski definition) is 3. The van der Waals surface area contributed by atoms with Gasteiger partial charge in [0.05, 0.1) is 6.42 Å². The van der Waals surface area contributed by atoms with Crippen molar-refractivity contribution in [3.8, 4) is 0 Å². The highest BCUT2D eigenvalue weighted by atomic mass is 16.4. The van der Waals surface area contributed by atoms with Crippen LogP contribution in [0.15, 0.2) is 0 Å². The molecule has 4 saturated carbocycles. The van der Waals surface area contributed by atoms with Gasteiger partial charge in [-0.1, -0.05) is 0 Å². The van der Waals surface area contributed by atoms with Gasteiger partial charge in [0.25, 0.3) is 0 Å². The molecule has 0 aromatic rings. The van der Waals surface area contributed by atoms with Crippen LogP contribution < -0.4 is 10.6 Å². The van der Waals surface area contributed by atoms with Crippen molar-refractivity contribution in [2.75, 3.05) is 13.1 Å². The fraction of sp³-hybridized carbons (Fsp3) is 0.850. The third-order valence-electron chi connectivity index (χ3n) is 6.55. The average Bonchev–Trinajstić information content (AvgIpc) is 2.52. The van der Waals surface area contributed by atoms with Crippen LogP contribution in [-0.4, -0.2) is 52.6 Å². The number of nitrogens with zero attached hydrogens (tertiary/aromatic N) is 1. The van der Waals surface area contributed by atoms with Crippen molar-refractivity contribution in [2.45, 2.75) is 76.8 Å². The van der Waals surface area contributed by atoms with Gasteiger partial charge in [0.1, 0.15) is 0 Å². The Hall–Kier alpha value is -1.79. The first-order valence-corrected chi connectivity index (χ1v) is 10.3. The van der Waals surface area contributed by atoms with Crippen LogP contribution >= 0.6 is 0 Å². The van der Waals surface area contributed by atoms with Crippen LogP contribution in [0.5, 0.6) is 0 Å². The van der Waals surface area contributed by atoms with Crippen molar-refractivity contribution >= 4 is 17.9 Å². The van der Waals surface area contributed by atoms with Crippen molar-refractivity contribution in [3.05, 3.63) is 0 Å². The van der Waals surface area contributed by atoms with E-state index in [-0.39, 0.29) is 49.5 Å². The number of urea groups is 1. The molecule has 0 aromatic carbocycles. The third kappa shape index (κ3) is 4.93. The highest BCUT2D eigenvalue weighted by Gasteiger charge is 2.51. The second-order valence-corrected chi connectivity index (χ2v) is 9.15. The number of carbonyl (C=O) groups excluding carboxylic acids is 2. The van der Waals surface area contributed by atoms with Crippen LogP contribution in [-0.2, 0) is 9.59 Å². The number of carboxylic acids is 1. The van der Waals surface area contributed by atoms with Crippen molar-refractivity contribution < 1.29 is 19.5 Å². The lowest BCUT2D eigenvalue weighted by molar-refractivity contribution is -0.139. The Kier molecular flexibility index (Phi) is 5.96. The van der Waals surface area contributed by atoms with Crippen LogP contribution in [0.25, 0.3) is 0 Å². The zero-order valence-electron chi connectivity index (χ0n) is 16.5. The molecule has 152 valence electrons. The van der Waals surface area contributed by atoms with E-state index in [2.05, 4.69) is 10.6 Å². The van der Waals surface area contributed by atoms with Crippen molar-refractivity contribution in [1.29, 1.82) is 0 Å². The molecule has 0 aromatic heterocycles. The predicted molar refractivity (Wildman–Crippen MR) is 101 cm³/mol. The summed E-state index contributed by atoms with van der Waals surface area (Å²) in [6.45, 7) is 4.21. The summed E-state index contributed by atoms with van der Waals surface area (Å²) in [5.74, 6) is 1.27.